The lowest BCUT2D eigenvalue weighted by Crippen LogP contribution is -2.29. The van der Waals surface area contributed by atoms with Gasteiger partial charge in [0.15, 0.2) is 0 Å². The Kier molecular flexibility index (Phi) is 13.6. The number of phosphoric acid groups is 1. The molecule has 9 nitrogen and oxygen atoms in total. The minimum atomic E-state index is -3.49. The third kappa shape index (κ3) is 11.4. The maximum absolute atomic E-state index is 12.2. The van der Waals surface area contributed by atoms with Gasteiger partial charge in [0, 0.05) is 13.1 Å². The minimum Gasteiger partial charge on any atom is -0.308 e. The molecule has 11 heteroatoms. The summed E-state index contributed by atoms with van der Waals surface area (Å²) >= 11 is 0. The van der Waals surface area contributed by atoms with E-state index in [1.54, 1.807) is 27.7 Å². The third-order valence-electron chi connectivity index (χ3n) is 2.33. The van der Waals surface area contributed by atoms with Crippen LogP contribution in [-0.2, 0) is 31.7 Å². The summed E-state index contributed by atoms with van der Waals surface area (Å²) in [6.07, 6.45) is 0.133. The Balaban J connectivity index is 3.87. The summed E-state index contributed by atoms with van der Waals surface area (Å²) in [4.78, 5) is 0. The molecule has 0 atom stereocenters. The van der Waals surface area contributed by atoms with E-state index in [2.05, 4.69) is 10.6 Å². The molecule has 0 aliphatic rings. The first-order valence-electron chi connectivity index (χ1n) is 7.78. The van der Waals surface area contributed by atoms with Crippen molar-refractivity contribution in [1.29, 1.82) is 0 Å². The van der Waals surface area contributed by atoms with Crippen molar-refractivity contribution >= 4 is 15.4 Å². The van der Waals surface area contributed by atoms with E-state index in [1.807, 2.05) is 0 Å². The van der Waals surface area contributed by atoms with Crippen LogP contribution in [-0.4, -0.2) is 52.5 Å². The fraction of sp³-hybridized carbons (Fsp3) is 1.00. The molecule has 0 radical (unpaired) electrons. The van der Waals surface area contributed by atoms with Crippen molar-refractivity contribution < 1.29 is 31.7 Å². The summed E-state index contributed by atoms with van der Waals surface area (Å²) in [6.45, 7) is 9.13. The molecule has 0 saturated carbocycles. The molecule has 23 heavy (non-hydrogen) atoms. The molecule has 0 rings (SSSR count). The molecule has 0 spiro atoms. The van der Waals surface area contributed by atoms with Gasteiger partial charge in [-0.2, -0.15) is 0 Å². The standard InChI is InChI=1S/C12H30N2O7P2/c1-5-17-22(15,18-6-2)12-14-10-9-13-11-21-23(16,19-7-3)20-8-4/h13-14H,5-12H2,1-4H3. The zero-order valence-electron chi connectivity index (χ0n) is 14.4. The van der Waals surface area contributed by atoms with Crippen molar-refractivity contribution in [2.45, 2.75) is 27.7 Å². The molecule has 0 bridgehead atoms. The largest absolute Gasteiger partial charge is 0.476 e. The zero-order chi connectivity index (χ0) is 17.6. The molecular formula is C12H30N2O7P2. The van der Waals surface area contributed by atoms with Gasteiger partial charge in [0.05, 0.1) is 32.7 Å². The highest BCUT2D eigenvalue weighted by molar-refractivity contribution is 7.53. The fourth-order valence-electron chi connectivity index (χ4n) is 1.54. The smallest absolute Gasteiger partial charge is 0.308 e. The summed E-state index contributed by atoms with van der Waals surface area (Å²) in [5.41, 5.74) is 0. The Bertz CT molecular complexity index is 330. The summed E-state index contributed by atoms with van der Waals surface area (Å²) < 4.78 is 49.5. The Morgan fingerprint density at radius 3 is 1.65 bits per heavy atom. The minimum absolute atomic E-state index is 0.0214. The summed E-state index contributed by atoms with van der Waals surface area (Å²) in [5.74, 6) is 0. The van der Waals surface area contributed by atoms with Crippen LogP contribution in [0, 0.1) is 0 Å². The van der Waals surface area contributed by atoms with Crippen LogP contribution in [0.3, 0.4) is 0 Å². The van der Waals surface area contributed by atoms with Crippen LogP contribution in [0.2, 0.25) is 0 Å². The van der Waals surface area contributed by atoms with Gasteiger partial charge in [-0.1, -0.05) is 0 Å². The molecule has 0 aliphatic heterocycles. The first-order valence-corrected chi connectivity index (χ1v) is 11.0. The van der Waals surface area contributed by atoms with E-state index < -0.39 is 15.4 Å². The molecule has 0 aromatic heterocycles. The second-order valence-corrected chi connectivity index (χ2v) is 7.88. The number of nitrogens with one attached hydrogen (secondary N) is 2. The predicted octanol–water partition coefficient (Wildman–Crippen LogP) is 2.54. The van der Waals surface area contributed by atoms with Gasteiger partial charge in [-0.05, 0) is 27.7 Å². The highest BCUT2D eigenvalue weighted by atomic mass is 31.2. The van der Waals surface area contributed by atoms with E-state index in [0.717, 1.165) is 0 Å². The molecule has 0 heterocycles. The molecule has 0 aromatic carbocycles. The topological polar surface area (TPSA) is 104 Å². The van der Waals surface area contributed by atoms with Crippen LogP contribution >= 0.6 is 15.4 Å². The lowest BCUT2D eigenvalue weighted by atomic mass is 10.6. The van der Waals surface area contributed by atoms with Gasteiger partial charge in [-0.15, -0.1) is 0 Å². The average molecular weight is 376 g/mol. The van der Waals surface area contributed by atoms with Gasteiger partial charge in [0.25, 0.3) is 0 Å². The maximum atomic E-state index is 12.2. The van der Waals surface area contributed by atoms with Crippen LogP contribution < -0.4 is 10.6 Å². The average Bonchev–Trinajstić information content (AvgIpc) is 2.47. The summed E-state index contributed by atoms with van der Waals surface area (Å²) in [5, 5.41) is 5.90. The molecular weight excluding hydrogens is 346 g/mol. The van der Waals surface area contributed by atoms with E-state index in [0.29, 0.717) is 26.3 Å². The summed E-state index contributed by atoms with van der Waals surface area (Å²) in [7, 11) is -6.56. The van der Waals surface area contributed by atoms with Crippen LogP contribution in [0.15, 0.2) is 0 Å². The van der Waals surface area contributed by atoms with Crippen LogP contribution in [0.1, 0.15) is 27.7 Å². The Morgan fingerprint density at radius 1 is 0.696 bits per heavy atom. The van der Waals surface area contributed by atoms with Crippen molar-refractivity contribution in [2.24, 2.45) is 0 Å². The maximum Gasteiger partial charge on any atom is 0.476 e. The Hall–Kier alpha value is 0.180. The Labute approximate surface area is 138 Å². The number of hydrogen-bond acceptors (Lipinski definition) is 9. The van der Waals surface area contributed by atoms with Crippen LogP contribution in [0.4, 0.5) is 0 Å². The van der Waals surface area contributed by atoms with E-state index in [1.165, 1.54) is 0 Å². The predicted molar refractivity (Wildman–Crippen MR) is 88.5 cm³/mol. The molecule has 2 N–H and O–H groups in total. The molecule has 0 fully saturated rings. The Morgan fingerprint density at radius 2 is 1.17 bits per heavy atom. The molecule has 0 aromatic rings. The lowest BCUT2D eigenvalue weighted by molar-refractivity contribution is 0.115. The first kappa shape index (κ1) is 23.2. The van der Waals surface area contributed by atoms with E-state index >= 15 is 0 Å². The van der Waals surface area contributed by atoms with Crippen molar-refractivity contribution in [1.82, 2.24) is 10.6 Å². The number of phosphoric ester groups is 1. The lowest BCUT2D eigenvalue weighted by Gasteiger charge is -2.18. The van der Waals surface area contributed by atoms with E-state index in [-0.39, 0.29) is 26.2 Å². The summed E-state index contributed by atoms with van der Waals surface area (Å²) in [6, 6.07) is 0. The number of rotatable bonds is 16. The van der Waals surface area contributed by atoms with Crippen molar-refractivity contribution in [3.05, 3.63) is 0 Å². The van der Waals surface area contributed by atoms with Crippen molar-refractivity contribution in [2.75, 3.05) is 52.5 Å². The van der Waals surface area contributed by atoms with E-state index in [9.17, 15) is 9.13 Å². The monoisotopic (exact) mass is 376 g/mol. The van der Waals surface area contributed by atoms with Gasteiger partial charge in [-0.25, -0.2) is 4.57 Å². The van der Waals surface area contributed by atoms with Gasteiger partial charge in [-0.3, -0.25) is 23.5 Å². The second-order valence-electron chi connectivity index (χ2n) is 4.16. The van der Waals surface area contributed by atoms with Gasteiger partial charge in [0.2, 0.25) is 0 Å². The van der Waals surface area contributed by atoms with E-state index in [4.69, 9.17) is 22.6 Å². The second kappa shape index (κ2) is 13.5. The van der Waals surface area contributed by atoms with Crippen molar-refractivity contribution in [3.8, 4) is 0 Å². The molecule has 140 valence electrons. The quantitative estimate of drug-likeness (QED) is 0.239. The molecule has 0 saturated heterocycles. The molecule has 0 aliphatic carbocycles. The van der Waals surface area contributed by atoms with Crippen LogP contribution in [0.25, 0.3) is 0 Å². The highest BCUT2D eigenvalue weighted by Crippen LogP contribution is 2.48. The van der Waals surface area contributed by atoms with Gasteiger partial charge in [0.1, 0.15) is 6.73 Å². The normalized spacial score (nSPS) is 12.7. The SMILES string of the molecule is CCOP(=O)(CNCCNCOP(=O)(OCC)OCC)OCC. The van der Waals surface area contributed by atoms with Gasteiger partial charge >= 0.3 is 15.4 Å². The molecule has 0 unspecified atom stereocenters. The zero-order valence-corrected chi connectivity index (χ0v) is 16.2. The molecule has 0 amide bonds. The van der Waals surface area contributed by atoms with Crippen LogP contribution in [0.5, 0.6) is 0 Å². The highest BCUT2D eigenvalue weighted by Gasteiger charge is 2.25. The first-order chi connectivity index (χ1) is 10.9. The van der Waals surface area contributed by atoms with Gasteiger partial charge < -0.3 is 14.4 Å². The van der Waals surface area contributed by atoms with Crippen molar-refractivity contribution in [3.63, 3.8) is 0 Å². The fourth-order valence-corrected chi connectivity index (χ4v) is 4.12. The third-order valence-corrected chi connectivity index (χ3v) is 5.84. The number of hydrogen-bond donors (Lipinski definition) is 2.